The van der Waals surface area contributed by atoms with E-state index in [2.05, 4.69) is 39.1 Å². The molecule has 1 aliphatic heterocycles. The molecule has 0 spiro atoms. The molecule has 0 aromatic carbocycles. The summed E-state index contributed by atoms with van der Waals surface area (Å²) in [6, 6.07) is 0.0715. The van der Waals surface area contributed by atoms with Gasteiger partial charge in [0.15, 0.2) is 0 Å². The SMILES string of the molecule is Cc1noc(C)c1C(=O)N[C@@H]1CCc2nnc(C(C)C)n2C1. The third-order valence-corrected chi connectivity index (χ3v) is 4.09. The second-order valence-corrected chi connectivity index (χ2v) is 6.15. The van der Waals surface area contributed by atoms with Crippen LogP contribution in [0.1, 0.15) is 59.6 Å². The lowest BCUT2D eigenvalue weighted by Crippen LogP contribution is -2.41. The van der Waals surface area contributed by atoms with Crippen molar-refractivity contribution in [1.82, 2.24) is 25.2 Å². The standard InChI is InChI=1S/C15H21N5O2/c1-8(2)14-18-17-12-6-5-11(7-20(12)14)16-15(21)13-9(3)19-22-10(13)4/h8,11H,5-7H2,1-4H3,(H,16,21)/t11-/m1/s1. The number of rotatable bonds is 3. The summed E-state index contributed by atoms with van der Waals surface area (Å²) in [5, 5.41) is 15.4. The van der Waals surface area contributed by atoms with Gasteiger partial charge in [0, 0.05) is 24.9 Å². The van der Waals surface area contributed by atoms with Gasteiger partial charge in [0.25, 0.3) is 5.91 Å². The molecule has 3 rings (SSSR count). The molecule has 0 aliphatic carbocycles. The van der Waals surface area contributed by atoms with E-state index < -0.39 is 0 Å². The van der Waals surface area contributed by atoms with E-state index in [1.807, 2.05) is 0 Å². The van der Waals surface area contributed by atoms with Crippen molar-refractivity contribution < 1.29 is 9.32 Å². The van der Waals surface area contributed by atoms with Crippen molar-refractivity contribution in [2.24, 2.45) is 0 Å². The molecule has 0 radical (unpaired) electrons. The largest absolute Gasteiger partial charge is 0.361 e. The van der Waals surface area contributed by atoms with Crippen LogP contribution in [0.5, 0.6) is 0 Å². The summed E-state index contributed by atoms with van der Waals surface area (Å²) in [4.78, 5) is 12.4. The highest BCUT2D eigenvalue weighted by molar-refractivity contribution is 5.96. The molecule has 0 saturated carbocycles. The highest BCUT2D eigenvalue weighted by Crippen LogP contribution is 2.21. The van der Waals surface area contributed by atoms with Gasteiger partial charge in [0.05, 0.1) is 5.69 Å². The monoisotopic (exact) mass is 303 g/mol. The lowest BCUT2D eigenvalue weighted by atomic mass is 10.1. The van der Waals surface area contributed by atoms with Gasteiger partial charge in [0.2, 0.25) is 0 Å². The van der Waals surface area contributed by atoms with E-state index in [-0.39, 0.29) is 11.9 Å². The van der Waals surface area contributed by atoms with E-state index in [9.17, 15) is 4.79 Å². The van der Waals surface area contributed by atoms with Gasteiger partial charge in [-0.25, -0.2) is 0 Å². The second-order valence-electron chi connectivity index (χ2n) is 6.15. The van der Waals surface area contributed by atoms with Gasteiger partial charge in [-0.3, -0.25) is 4.79 Å². The molecular formula is C15H21N5O2. The molecule has 1 amide bonds. The van der Waals surface area contributed by atoms with E-state index in [0.29, 0.717) is 29.5 Å². The van der Waals surface area contributed by atoms with E-state index in [1.165, 1.54) is 0 Å². The van der Waals surface area contributed by atoms with Crippen LogP contribution in [0, 0.1) is 13.8 Å². The van der Waals surface area contributed by atoms with Crippen LogP contribution in [0.2, 0.25) is 0 Å². The summed E-state index contributed by atoms with van der Waals surface area (Å²) in [5.74, 6) is 2.73. The Labute approximate surface area is 129 Å². The Morgan fingerprint density at radius 3 is 2.77 bits per heavy atom. The number of hydrogen-bond acceptors (Lipinski definition) is 5. The van der Waals surface area contributed by atoms with Crippen LogP contribution in [0.15, 0.2) is 4.52 Å². The topological polar surface area (TPSA) is 85.8 Å². The van der Waals surface area contributed by atoms with Crippen LogP contribution in [0.3, 0.4) is 0 Å². The third kappa shape index (κ3) is 2.51. The molecule has 0 saturated heterocycles. The Morgan fingerprint density at radius 2 is 2.14 bits per heavy atom. The summed E-state index contributed by atoms with van der Waals surface area (Å²) in [6.45, 7) is 8.45. The number of fused-ring (bicyclic) bond motifs is 1. The number of carbonyl (C=O) groups excluding carboxylic acids is 1. The van der Waals surface area contributed by atoms with E-state index in [4.69, 9.17) is 4.52 Å². The van der Waals surface area contributed by atoms with Crippen LogP contribution in [-0.4, -0.2) is 31.9 Å². The normalized spacial score (nSPS) is 17.6. The molecule has 0 unspecified atom stereocenters. The minimum absolute atomic E-state index is 0.0715. The van der Waals surface area contributed by atoms with Crippen LogP contribution in [0.25, 0.3) is 0 Å². The lowest BCUT2D eigenvalue weighted by Gasteiger charge is -2.25. The number of hydrogen-bond donors (Lipinski definition) is 1. The molecule has 22 heavy (non-hydrogen) atoms. The van der Waals surface area contributed by atoms with Crippen molar-refractivity contribution in [2.75, 3.05) is 0 Å². The third-order valence-electron chi connectivity index (χ3n) is 4.09. The Balaban J connectivity index is 1.75. The highest BCUT2D eigenvalue weighted by atomic mass is 16.5. The first-order chi connectivity index (χ1) is 10.5. The van der Waals surface area contributed by atoms with Crippen molar-refractivity contribution in [1.29, 1.82) is 0 Å². The van der Waals surface area contributed by atoms with Crippen molar-refractivity contribution in [2.45, 2.75) is 59.0 Å². The average molecular weight is 303 g/mol. The Bertz CT molecular complexity index is 681. The molecule has 1 aliphatic rings. The Kier molecular flexibility index (Phi) is 3.72. The maximum absolute atomic E-state index is 12.4. The molecule has 2 aromatic rings. The Morgan fingerprint density at radius 1 is 1.36 bits per heavy atom. The second kappa shape index (κ2) is 5.55. The summed E-state index contributed by atoms with van der Waals surface area (Å²) in [7, 11) is 0. The molecule has 0 fully saturated rings. The van der Waals surface area contributed by atoms with Crippen molar-refractivity contribution in [3.05, 3.63) is 28.7 Å². The van der Waals surface area contributed by atoms with Gasteiger partial charge in [-0.1, -0.05) is 19.0 Å². The van der Waals surface area contributed by atoms with Gasteiger partial charge in [0.1, 0.15) is 23.0 Å². The zero-order chi connectivity index (χ0) is 15.9. The van der Waals surface area contributed by atoms with Crippen molar-refractivity contribution >= 4 is 5.91 Å². The number of aryl methyl sites for hydroxylation is 3. The molecule has 118 valence electrons. The zero-order valence-electron chi connectivity index (χ0n) is 13.4. The molecule has 2 aromatic heterocycles. The van der Waals surface area contributed by atoms with Gasteiger partial charge in [-0.2, -0.15) is 0 Å². The van der Waals surface area contributed by atoms with Gasteiger partial charge in [-0.15, -0.1) is 10.2 Å². The average Bonchev–Trinajstić information content (AvgIpc) is 3.02. The first-order valence-corrected chi connectivity index (χ1v) is 7.63. The fourth-order valence-corrected chi connectivity index (χ4v) is 2.96. The molecule has 1 N–H and O–H groups in total. The fourth-order valence-electron chi connectivity index (χ4n) is 2.96. The molecule has 1 atom stereocenters. The van der Waals surface area contributed by atoms with Crippen LogP contribution < -0.4 is 5.32 Å². The molecule has 3 heterocycles. The predicted octanol–water partition coefficient (Wildman–Crippen LogP) is 1.75. The van der Waals surface area contributed by atoms with Crippen molar-refractivity contribution in [3.8, 4) is 0 Å². The smallest absolute Gasteiger partial charge is 0.257 e. The summed E-state index contributed by atoms with van der Waals surface area (Å²) in [5.41, 5.74) is 1.16. The highest BCUT2D eigenvalue weighted by Gasteiger charge is 2.27. The number of aromatic nitrogens is 4. The predicted molar refractivity (Wildman–Crippen MR) is 79.7 cm³/mol. The number of nitrogens with zero attached hydrogens (tertiary/aromatic N) is 4. The summed E-state index contributed by atoms with van der Waals surface area (Å²) >= 11 is 0. The van der Waals surface area contributed by atoms with Crippen LogP contribution in [-0.2, 0) is 13.0 Å². The number of amides is 1. The minimum Gasteiger partial charge on any atom is -0.361 e. The fraction of sp³-hybridized carbons (Fsp3) is 0.600. The minimum atomic E-state index is -0.121. The van der Waals surface area contributed by atoms with Gasteiger partial charge >= 0.3 is 0 Å². The molecular weight excluding hydrogens is 282 g/mol. The van der Waals surface area contributed by atoms with E-state index >= 15 is 0 Å². The summed E-state index contributed by atoms with van der Waals surface area (Å²) < 4.78 is 7.20. The maximum Gasteiger partial charge on any atom is 0.257 e. The first kappa shape index (κ1) is 14.7. The van der Waals surface area contributed by atoms with Gasteiger partial charge < -0.3 is 14.4 Å². The first-order valence-electron chi connectivity index (χ1n) is 7.63. The quantitative estimate of drug-likeness (QED) is 0.933. The van der Waals surface area contributed by atoms with Crippen LogP contribution >= 0.6 is 0 Å². The molecule has 7 nitrogen and oxygen atoms in total. The molecule has 0 bridgehead atoms. The maximum atomic E-state index is 12.4. The summed E-state index contributed by atoms with van der Waals surface area (Å²) in [6.07, 6.45) is 1.69. The van der Waals surface area contributed by atoms with E-state index in [1.54, 1.807) is 13.8 Å². The molecule has 7 heteroatoms. The number of nitrogens with one attached hydrogen (secondary N) is 1. The Hall–Kier alpha value is -2.18. The van der Waals surface area contributed by atoms with Crippen molar-refractivity contribution in [3.63, 3.8) is 0 Å². The lowest BCUT2D eigenvalue weighted by molar-refractivity contribution is 0.0925. The van der Waals surface area contributed by atoms with Crippen LogP contribution in [0.4, 0.5) is 0 Å². The number of carbonyl (C=O) groups is 1. The zero-order valence-corrected chi connectivity index (χ0v) is 13.4. The van der Waals surface area contributed by atoms with Gasteiger partial charge in [-0.05, 0) is 20.3 Å². The van der Waals surface area contributed by atoms with E-state index in [0.717, 1.165) is 24.5 Å².